The van der Waals surface area contributed by atoms with E-state index in [-0.39, 0.29) is 5.91 Å². The Bertz CT molecular complexity index is 1220. The Kier molecular flexibility index (Phi) is 6.32. The zero-order valence-electron chi connectivity index (χ0n) is 18.7. The lowest BCUT2D eigenvalue weighted by molar-refractivity contribution is -0.113. The van der Waals surface area contributed by atoms with Gasteiger partial charge in [-0.1, -0.05) is 23.4 Å². The predicted molar refractivity (Wildman–Crippen MR) is 130 cm³/mol. The smallest absolute Gasteiger partial charge is 0.257 e. The lowest BCUT2D eigenvalue weighted by Gasteiger charge is -2.38. The van der Waals surface area contributed by atoms with Crippen LogP contribution in [0.5, 0.6) is 11.5 Å². The zero-order valence-corrected chi connectivity index (χ0v) is 19.5. The lowest BCUT2D eigenvalue weighted by atomic mass is 9.93. The Hall–Kier alpha value is -3.85. The first-order valence-corrected chi connectivity index (χ1v) is 10.7. The number of anilines is 2. The standard InChI is InChI=1S/C24H24N4O4S/c1-14-13-20(27-32-14)25-23(29)21-15(2)28(16-9-11-17(30-3)12-10-16)24(33)26-22(21)18-7-5-6-8-19(18)31-4/h5-13,22H,1-4H3,(H,26,33)(H,25,27,29). The first kappa shape index (κ1) is 22.3. The third kappa shape index (κ3) is 4.40. The van der Waals surface area contributed by atoms with Gasteiger partial charge in [-0.3, -0.25) is 9.69 Å². The summed E-state index contributed by atoms with van der Waals surface area (Å²) in [5, 5.41) is 10.5. The number of allylic oxidation sites excluding steroid dienone is 1. The maximum absolute atomic E-state index is 13.5. The summed E-state index contributed by atoms with van der Waals surface area (Å²) >= 11 is 5.73. The van der Waals surface area contributed by atoms with Crippen LogP contribution in [0.3, 0.4) is 0 Å². The fraction of sp³-hybridized carbons (Fsp3) is 0.208. The van der Waals surface area contributed by atoms with E-state index >= 15 is 0 Å². The van der Waals surface area contributed by atoms with Crippen LogP contribution in [-0.2, 0) is 4.79 Å². The van der Waals surface area contributed by atoms with Gasteiger partial charge in [0.2, 0.25) is 0 Å². The van der Waals surface area contributed by atoms with Crippen molar-refractivity contribution in [3.63, 3.8) is 0 Å². The van der Waals surface area contributed by atoms with E-state index in [1.54, 1.807) is 27.2 Å². The second kappa shape index (κ2) is 9.33. The molecule has 1 aromatic heterocycles. The highest BCUT2D eigenvalue weighted by Crippen LogP contribution is 2.37. The predicted octanol–water partition coefficient (Wildman–Crippen LogP) is 4.35. The topological polar surface area (TPSA) is 88.9 Å². The van der Waals surface area contributed by atoms with Gasteiger partial charge in [-0.2, -0.15) is 0 Å². The second-order valence-corrected chi connectivity index (χ2v) is 7.82. The molecule has 0 radical (unpaired) electrons. The fourth-order valence-corrected chi connectivity index (χ4v) is 4.19. The summed E-state index contributed by atoms with van der Waals surface area (Å²) in [7, 11) is 3.21. The fourth-order valence-electron chi connectivity index (χ4n) is 3.83. The van der Waals surface area contributed by atoms with Crippen LogP contribution in [0, 0.1) is 6.92 Å². The van der Waals surface area contributed by atoms with E-state index in [2.05, 4.69) is 15.8 Å². The van der Waals surface area contributed by atoms with Crippen molar-refractivity contribution in [3.05, 3.63) is 77.2 Å². The number of ether oxygens (including phenoxy) is 2. The molecule has 2 aromatic carbocycles. The van der Waals surface area contributed by atoms with Gasteiger partial charge in [-0.05, 0) is 56.4 Å². The van der Waals surface area contributed by atoms with E-state index in [0.29, 0.717) is 33.7 Å². The number of para-hydroxylation sites is 1. The van der Waals surface area contributed by atoms with Crippen LogP contribution in [0.25, 0.3) is 0 Å². The molecule has 0 spiro atoms. The van der Waals surface area contributed by atoms with Gasteiger partial charge in [0.1, 0.15) is 17.3 Å². The number of aromatic nitrogens is 1. The lowest BCUT2D eigenvalue weighted by Crippen LogP contribution is -2.48. The number of benzene rings is 2. The number of nitrogens with one attached hydrogen (secondary N) is 2. The summed E-state index contributed by atoms with van der Waals surface area (Å²) < 4.78 is 15.9. The van der Waals surface area contributed by atoms with Crippen molar-refractivity contribution < 1.29 is 18.8 Å². The van der Waals surface area contributed by atoms with Crippen LogP contribution in [0.2, 0.25) is 0 Å². The molecule has 1 unspecified atom stereocenters. The molecule has 1 aliphatic rings. The SMILES string of the molecule is COc1ccc(N2C(=S)NC(c3ccccc3OC)C(C(=O)Nc3cc(C)on3)=C2C)cc1. The molecule has 0 bridgehead atoms. The third-order valence-corrected chi connectivity index (χ3v) is 5.68. The molecule has 3 aromatic rings. The van der Waals surface area contributed by atoms with Crippen molar-refractivity contribution in [1.29, 1.82) is 0 Å². The third-order valence-electron chi connectivity index (χ3n) is 5.38. The Morgan fingerprint density at radius 2 is 1.85 bits per heavy atom. The molecule has 4 rings (SSSR count). The molecule has 2 heterocycles. The molecule has 0 saturated carbocycles. The van der Waals surface area contributed by atoms with Crippen molar-refractivity contribution >= 4 is 34.7 Å². The van der Waals surface area contributed by atoms with E-state index in [1.807, 2.05) is 60.4 Å². The minimum Gasteiger partial charge on any atom is -0.497 e. The number of methoxy groups -OCH3 is 2. The first-order chi connectivity index (χ1) is 15.9. The Balaban J connectivity index is 1.82. The molecule has 9 heteroatoms. The molecule has 33 heavy (non-hydrogen) atoms. The first-order valence-electron chi connectivity index (χ1n) is 10.3. The monoisotopic (exact) mass is 464 g/mol. The van der Waals surface area contributed by atoms with Gasteiger partial charge in [0.05, 0.1) is 25.8 Å². The van der Waals surface area contributed by atoms with Crippen LogP contribution in [0.4, 0.5) is 11.5 Å². The molecule has 0 aliphatic carbocycles. The molecule has 0 saturated heterocycles. The Morgan fingerprint density at radius 3 is 2.48 bits per heavy atom. The van der Waals surface area contributed by atoms with Crippen molar-refractivity contribution in [1.82, 2.24) is 10.5 Å². The van der Waals surface area contributed by atoms with Gasteiger partial charge in [0.15, 0.2) is 10.9 Å². The number of hydrogen-bond acceptors (Lipinski definition) is 6. The van der Waals surface area contributed by atoms with Gasteiger partial charge >= 0.3 is 0 Å². The highest BCUT2D eigenvalue weighted by molar-refractivity contribution is 7.80. The van der Waals surface area contributed by atoms with E-state index < -0.39 is 6.04 Å². The van der Waals surface area contributed by atoms with Gasteiger partial charge < -0.3 is 24.6 Å². The van der Waals surface area contributed by atoms with Crippen LogP contribution in [-0.4, -0.2) is 30.4 Å². The summed E-state index contributed by atoms with van der Waals surface area (Å²) in [6.45, 7) is 3.62. The maximum atomic E-state index is 13.5. The van der Waals surface area contributed by atoms with Gasteiger partial charge in [-0.25, -0.2) is 0 Å². The molecular formula is C24H24N4O4S. The number of rotatable bonds is 6. The minimum atomic E-state index is -0.531. The summed E-state index contributed by atoms with van der Waals surface area (Å²) in [5.74, 6) is 1.97. The van der Waals surface area contributed by atoms with Crippen LogP contribution >= 0.6 is 12.2 Å². The summed E-state index contributed by atoms with van der Waals surface area (Å²) in [5.41, 5.74) is 2.74. The van der Waals surface area contributed by atoms with E-state index in [4.69, 9.17) is 26.2 Å². The van der Waals surface area contributed by atoms with Crippen LogP contribution < -0.4 is 25.0 Å². The number of hydrogen-bond donors (Lipinski definition) is 2. The van der Waals surface area contributed by atoms with Crippen molar-refractivity contribution in [2.45, 2.75) is 19.9 Å². The van der Waals surface area contributed by atoms with Gasteiger partial charge in [-0.15, -0.1) is 0 Å². The maximum Gasteiger partial charge on any atom is 0.257 e. The molecule has 2 N–H and O–H groups in total. The number of thiocarbonyl (C=S) groups is 1. The number of carbonyl (C=O) groups is 1. The average Bonchev–Trinajstić information content (AvgIpc) is 3.23. The average molecular weight is 465 g/mol. The van der Waals surface area contributed by atoms with E-state index in [9.17, 15) is 4.79 Å². The van der Waals surface area contributed by atoms with Gasteiger partial charge in [0, 0.05) is 23.0 Å². The molecule has 1 amide bonds. The quantitative estimate of drug-likeness (QED) is 0.521. The number of amides is 1. The zero-order chi connectivity index (χ0) is 23.5. The van der Waals surface area contributed by atoms with E-state index in [1.165, 1.54) is 0 Å². The van der Waals surface area contributed by atoms with Crippen molar-refractivity contribution in [2.75, 3.05) is 24.4 Å². The van der Waals surface area contributed by atoms with Crippen molar-refractivity contribution in [2.24, 2.45) is 0 Å². The highest BCUT2D eigenvalue weighted by atomic mass is 32.1. The second-order valence-electron chi connectivity index (χ2n) is 7.43. The molecule has 8 nitrogen and oxygen atoms in total. The number of aryl methyl sites for hydroxylation is 1. The van der Waals surface area contributed by atoms with E-state index in [0.717, 1.165) is 17.0 Å². The summed E-state index contributed by atoms with van der Waals surface area (Å²) in [6, 6.07) is 16.1. The largest absolute Gasteiger partial charge is 0.497 e. The van der Waals surface area contributed by atoms with Crippen LogP contribution in [0.15, 0.2) is 70.4 Å². The van der Waals surface area contributed by atoms with Crippen molar-refractivity contribution in [3.8, 4) is 11.5 Å². The highest BCUT2D eigenvalue weighted by Gasteiger charge is 2.36. The normalized spacial score (nSPS) is 15.8. The molecule has 0 fully saturated rings. The minimum absolute atomic E-state index is 0.329. The Morgan fingerprint density at radius 1 is 1.12 bits per heavy atom. The van der Waals surface area contributed by atoms with Crippen LogP contribution in [0.1, 0.15) is 24.3 Å². The summed E-state index contributed by atoms with van der Waals surface area (Å²) in [6.07, 6.45) is 0. The number of carbonyl (C=O) groups excluding carboxylic acids is 1. The molecular weight excluding hydrogens is 440 g/mol. The molecule has 1 aliphatic heterocycles. The Labute approximate surface area is 197 Å². The molecule has 1 atom stereocenters. The molecule has 170 valence electrons. The number of nitrogens with zero attached hydrogens (tertiary/aromatic N) is 2. The van der Waals surface area contributed by atoms with Gasteiger partial charge in [0.25, 0.3) is 5.91 Å². The summed E-state index contributed by atoms with van der Waals surface area (Å²) in [4.78, 5) is 15.4.